The van der Waals surface area contributed by atoms with Crippen LogP contribution in [0.25, 0.3) is 0 Å². The van der Waals surface area contributed by atoms with Gasteiger partial charge in [-0.1, -0.05) is 35.3 Å². The molecule has 0 heterocycles. The number of rotatable bonds is 4. The second-order valence-corrected chi connectivity index (χ2v) is 7.88. The summed E-state index contributed by atoms with van der Waals surface area (Å²) in [4.78, 5) is 0. The molecule has 2 rings (SSSR count). The molecule has 3 nitrogen and oxygen atoms in total. The zero-order valence-corrected chi connectivity index (χ0v) is 14.4. The normalized spacial score (nSPS) is 13.6. The van der Waals surface area contributed by atoms with E-state index >= 15 is 0 Å². The van der Waals surface area contributed by atoms with E-state index in [1.165, 1.54) is 6.66 Å². The van der Waals surface area contributed by atoms with E-state index < -0.39 is 7.52 Å². The van der Waals surface area contributed by atoms with Crippen molar-refractivity contribution in [2.24, 2.45) is 0 Å². The highest BCUT2D eigenvalue weighted by molar-refractivity contribution is 7.60. The Kier molecular flexibility index (Phi) is 4.88. The van der Waals surface area contributed by atoms with Gasteiger partial charge in [0.25, 0.3) is 0 Å². The number of nitrogens with one attached hydrogen (secondary N) is 1. The Balaban J connectivity index is 2.24. The Morgan fingerprint density at radius 1 is 1.10 bits per heavy atom. The van der Waals surface area contributed by atoms with E-state index in [9.17, 15) is 4.57 Å². The predicted molar refractivity (Wildman–Crippen MR) is 90.2 cm³/mol. The smallest absolute Gasteiger partial charge is 0.338 e. The van der Waals surface area contributed by atoms with E-state index in [0.717, 1.165) is 11.1 Å². The van der Waals surface area contributed by atoms with Crippen LogP contribution in [-0.4, -0.2) is 6.66 Å². The lowest BCUT2D eigenvalue weighted by Crippen LogP contribution is -2.04. The van der Waals surface area contributed by atoms with Crippen molar-refractivity contribution < 1.29 is 9.09 Å². The van der Waals surface area contributed by atoms with E-state index in [4.69, 9.17) is 27.7 Å². The average Bonchev–Trinajstić information content (AvgIpc) is 2.37. The van der Waals surface area contributed by atoms with Gasteiger partial charge in [0.2, 0.25) is 0 Å². The molecule has 112 valence electrons. The van der Waals surface area contributed by atoms with Crippen LogP contribution in [0.2, 0.25) is 10.0 Å². The van der Waals surface area contributed by atoms with Crippen molar-refractivity contribution in [3.63, 3.8) is 0 Å². The Bertz CT molecular complexity index is 661. The van der Waals surface area contributed by atoms with Gasteiger partial charge in [-0.2, -0.15) is 0 Å². The molecule has 0 aliphatic rings. The Morgan fingerprint density at radius 2 is 1.81 bits per heavy atom. The van der Waals surface area contributed by atoms with Crippen molar-refractivity contribution in [2.45, 2.75) is 13.8 Å². The van der Waals surface area contributed by atoms with Gasteiger partial charge in [-0.15, -0.1) is 0 Å². The second kappa shape index (κ2) is 6.31. The van der Waals surface area contributed by atoms with E-state index in [1.807, 2.05) is 26.0 Å². The van der Waals surface area contributed by atoms with E-state index in [0.29, 0.717) is 21.5 Å². The van der Waals surface area contributed by atoms with Gasteiger partial charge in [0.1, 0.15) is 5.75 Å². The minimum absolute atomic E-state index is 0.398. The molecule has 1 N–H and O–H groups in total. The molecule has 0 fully saturated rings. The molecule has 21 heavy (non-hydrogen) atoms. The molecule has 0 amide bonds. The third kappa shape index (κ3) is 4.41. The number of halogens is 2. The number of benzene rings is 2. The first-order valence-corrected chi connectivity index (χ1v) is 9.17. The molecule has 0 saturated carbocycles. The van der Waals surface area contributed by atoms with E-state index in [2.05, 4.69) is 5.09 Å². The zero-order valence-electron chi connectivity index (χ0n) is 12.0. The predicted octanol–water partition coefficient (Wildman–Crippen LogP) is 5.92. The van der Waals surface area contributed by atoms with Crippen LogP contribution in [0.1, 0.15) is 11.1 Å². The van der Waals surface area contributed by atoms with Crippen molar-refractivity contribution in [3.05, 3.63) is 57.6 Å². The molecule has 2 aromatic carbocycles. The van der Waals surface area contributed by atoms with Crippen LogP contribution in [-0.2, 0) is 4.57 Å². The average molecular weight is 344 g/mol. The Hall–Kier alpha value is -1.15. The van der Waals surface area contributed by atoms with Crippen LogP contribution < -0.4 is 9.61 Å². The molecule has 6 heteroatoms. The fourth-order valence-electron chi connectivity index (χ4n) is 1.82. The number of hydrogen-bond donors (Lipinski definition) is 1. The maximum atomic E-state index is 12.6. The summed E-state index contributed by atoms with van der Waals surface area (Å²) in [6.07, 6.45) is 0. The van der Waals surface area contributed by atoms with Gasteiger partial charge in [0.05, 0.1) is 5.02 Å². The van der Waals surface area contributed by atoms with Gasteiger partial charge in [0, 0.05) is 17.4 Å². The van der Waals surface area contributed by atoms with Crippen LogP contribution in [0.4, 0.5) is 5.69 Å². The maximum Gasteiger partial charge on any atom is 0.338 e. The van der Waals surface area contributed by atoms with Crippen LogP contribution in [0.15, 0.2) is 36.4 Å². The van der Waals surface area contributed by atoms with Crippen molar-refractivity contribution >= 4 is 36.4 Å². The zero-order chi connectivity index (χ0) is 15.6. The number of anilines is 1. The summed E-state index contributed by atoms with van der Waals surface area (Å²) in [7, 11) is -3.12. The molecular formula is C15H16Cl2NO2P. The van der Waals surface area contributed by atoms with Crippen LogP contribution in [0.5, 0.6) is 5.75 Å². The molecule has 0 radical (unpaired) electrons. The van der Waals surface area contributed by atoms with Gasteiger partial charge in [-0.05, 0) is 49.2 Å². The Labute approximate surface area is 134 Å². The minimum atomic E-state index is -3.12. The number of aryl methyl sites for hydroxylation is 2. The molecule has 0 bridgehead atoms. The van der Waals surface area contributed by atoms with Gasteiger partial charge in [-0.3, -0.25) is 4.57 Å². The topological polar surface area (TPSA) is 38.3 Å². The summed E-state index contributed by atoms with van der Waals surface area (Å²) in [5.41, 5.74) is 2.59. The third-order valence-corrected chi connectivity index (χ3v) is 4.62. The molecule has 0 spiro atoms. The quantitative estimate of drug-likeness (QED) is 0.699. The first-order valence-electron chi connectivity index (χ1n) is 6.34. The molecule has 2 aromatic rings. The highest BCUT2D eigenvalue weighted by Crippen LogP contribution is 2.46. The van der Waals surface area contributed by atoms with E-state index in [-0.39, 0.29) is 0 Å². The SMILES string of the molecule is Cc1ccc(Cl)c(OP(C)(=O)Nc2cc(Cl)ccc2C)c1. The first kappa shape index (κ1) is 16.2. The van der Waals surface area contributed by atoms with Crippen LogP contribution in [0.3, 0.4) is 0 Å². The van der Waals surface area contributed by atoms with Gasteiger partial charge >= 0.3 is 7.52 Å². The summed E-state index contributed by atoms with van der Waals surface area (Å²) in [6.45, 7) is 5.32. The van der Waals surface area contributed by atoms with Crippen LogP contribution in [0, 0.1) is 13.8 Å². The molecule has 1 unspecified atom stereocenters. The third-order valence-electron chi connectivity index (χ3n) is 2.88. The monoisotopic (exact) mass is 343 g/mol. The first-order chi connectivity index (χ1) is 9.77. The summed E-state index contributed by atoms with van der Waals surface area (Å²) >= 11 is 12.0. The molecule has 0 aromatic heterocycles. The summed E-state index contributed by atoms with van der Waals surface area (Å²) in [5, 5.41) is 3.90. The van der Waals surface area contributed by atoms with Gasteiger partial charge in [0.15, 0.2) is 0 Å². The fourth-order valence-corrected chi connectivity index (χ4v) is 3.46. The maximum absolute atomic E-state index is 12.6. The highest BCUT2D eigenvalue weighted by atomic mass is 35.5. The van der Waals surface area contributed by atoms with E-state index in [1.54, 1.807) is 24.3 Å². The molecule has 0 aliphatic heterocycles. The summed E-state index contributed by atoms with van der Waals surface area (Å²) < 4.78 is 18.2. The van der Waals surface area contributed by atoms with Crippen molar-refractivity contribution in [2.75, 3.05) is 11.8 Å². The lowest BCUT2D eigenvalue weighted by molar-refractivity contribution is 0.493. The van der Waals surface area contributed by atoms with Crippen molar-refractivity contribution in [3.8, 4) is 5.75 Å². The molecule has 0 saturated heterocycles. The lowest BCUT2D eigenvalue weighted by Gasteiger charge is -2.19. The largest absolute Gasteiger partial charge is 0.427 e. The minimum Gasteiger partial charge on any atom is -0.427 e. The van der Waals surface area contributed by atoms with Crippen molar-refractivity contribution in [1.82, 2.24) is 0 Å². The lowest BCUT2D eigenvalue weighted by atomic mass is 10.2. The summed E-state index contributed by atoms with van der Waals surface area (Å²) in [5.74, 6) is 0.398. The highest BCUT2D eigenvalue weighted by Gasteiger charge is 2.20. The second-order valence-electron chi connectivity index (χ2n) is 4.94. The fraction of sp³-hybridized carbons (Fsp3) is 0.200. The molecule has 0 aliphatic carbocycles. The van der Waals surface area contributed by atoms with Crippen LogP contribution >= 0.6 is 30.7 Å². The molecular weight excluding hydrogens is 328 g/mol. The van der Waals surface area contributed by atoms with Gasteiger partial charge < -0.3 is 9.61 Å². The van der Waals surface area contributed by atoms with Gasteiger partial charge in [-0.25, -0.2) is 0 Å². The molecule has 1 atom stereocenters. The number of hydrogen-bond acceptors (Lipinski definition) is 2. The van der Waals surface area contributed by atoms with Crippen molar-refractivity contribution in [1.29, 1.82) is 0 Å². The summed E-state index contributed by atoms with van der Waals surface area (Å²) in [6, 6.07) is 10.7. The standard InChI is InChI=1S/C15H16Cl2NO2P/c1-10-4-7-13(17)15(8-10)20-21(3,19)18-14-9-12(16)6-5-11(14)2/h4-9H,1-3H3,(H,18,19). The Morgan fingerprint density at radius 3 is 2.52 bits per heavy atom.